The molecule has 0 aromatic heterocycles. The van der Waals surface area contributed by atoms with Crippen LogP contribution in [0, 0.1) is 5.92 Å². The van der Waals surface area contributed by atoms with E-state index >= 15 is 0 Å². The third-order valence-corrected chi connectivity index (χ3v) is 3.57. The van der Waals surface area contributed by atoms with Crippen molar-refractivity contribution < 1.29 is 36.2 Å². The van der Waals surface area contributed by atoms with E-state index in [9.17, 15) is 31.1 Å². The van der Waals surface area contributed by atoms with Gasteiger partial charge in [-0.2, -0.15) is 26.3 Å². The number of hydrogen-bond acceptors (Lipinski definition) is 3. The van der Waals surface area contributed by atoms with Crippen LogP contribution >= 0.6 is 0 Å². The molecular formula is C18H22F6N2O2. The van der Waals surface area contributed by atoms with Crippen molar-refractivity contribution in [2.75, 3.05) is 0 Å². The van der Waals surface area contributed by atoms with Crippen molar-refractivity contribution in [2.24, 2.45) is 11.7 Å². The first kappa shape index (κ1) is 24.0. The van der Waals surface area contributed by atoms with E-state index in [4.69, 9.17) is 10.8 Å². The molecule has 0 bridgehead atoms. The molecule has 0 saturated carbocycles. The van der Waals surface area contributed by atoms with Crippen molar-refractivity contribution in [1.82, 2.24) is 5.32 Å². The van der Waals surface area contributed by atoms with Gasteiger partial charge >= 0.3 is 12.4 Å². The van der Waals surface area contributed by atoms with Gasteiger partial charge in [-0.25, -0.2) is 0 Å². The van der Waals surface area contributed by atoms with Gasteiger partial charge in [0.05, 0.1) is 17.0 Å². The van der Waals surface area contributed by atoms with Gasteiger partial charge in [0, 0.05) is 18.7 Å². The number of nitrogens with two attached hydrogens (primary N) is 1. The van der Waals surface area contributed by atoms with E-state index in [1.807, 2.05) is 0 Å². The fraction of sp³-hybridized carbons (Fsp3) is 0.500. The minimum atomic E-state index is -4.92. The Balaban J connectivity index is 0.000000892. The summed E-state index contributed by atoms with van der Waals surface area (Å²) in [5.74, 6) is -1.03. The molecule has 1 aliphatic rings. The predicted molar refractivity (Wildman–Crippen MR) is 90.9 cm³/mol. The maximum absolute atomic E-state index is 12.7. The predicted octanol–water partition coefficient (Wildman–Crippen LogP) is 3.63. The Morgan fingerprint density at radius 3 is 1.93 bits per heavy atom. The second kappa shape index (κ2) is 9.42. The fourth-order valence-corrected chi connectivity index (χ4v) is 2.36. The second-order valence-corrected chi connectivity index (χ2v) is 6.62. The molecule has 0 fully saturated rings. The highest BCUT2D eigenvalue weighted by molar-refractivity contribution is 5.81. The number of hydrogen-bond donors (Lipinski definition) is 3. The average molecular weight is 412 g/mol. The van der Waals surface area contributed by atoms with E-state index in [0.29, 0.717) is 18.6 Å². The first-order valence-corrected chi connectivity index (χ1v) is 8.38. The van der Waals surface area contributed by atoms with Gasteiger partial charge in [-0.1, -0.05) is 12.2 Å². The Labute approximate surface area is 158 Å². The fourth-order valence-electron chi connectivity index (χ4n) is 2.36. The van der Waals surface area contributed by atoms with Gasteiger partial charge in [-0.3, -0.25) is 4.79 Å². The number of aliphatic hydroxyl groups is 1. The normalized spacial score (nSPS) is 19.4. The van der Waals surface area contributed by atoms with Gasteiger partial charge in [0.15, 0.2) is 0 Å². The lowest BCUT2D eigenvalue weighted by Gasteiger charge is -2.15. The largest absolute Gasteiger partial charge is 0.416 e. The Hall–Kier alpha value is -2.07. The van der Waals surface area contributed by atoms with Gasteiger partial charge in [-0.15, -0.1) is 0 Å². The molecule has 1 amide bonds. The molecular weight excluding hydrogens is 390 g/mol. The number of aliphatic hydroxyl groups excluding tert-OH is 1. The van der Waals surface area contributed by atoms with E-state index < -0.39 is 41.8 Å². The molecule has 2 rings (SSSR count). The lowest BCUT2D eigenvalue weighted by molar-refractivity contribution is -0.143. The summed E-state index contributed by atoms with van der Waals surface area (Å²) in [5.41, 5.74) is 2.48. The highest BCUT2D eigenvalue weighted by Gasteiger charge is 2.37. The molecule has 2 atom stereocenters. The van der Waals surface area contributed by atoms with E-state index in [1.165, 1.54) is 0 Å². The van der Waals surface area contributed by atoms with Gasteiger partial charge in [0.1, 0.15) is 0 Å². The zero-order chi connectivity index (χ0) is 21.7. The van der Waals surface area contributed by atoms with E-state index in [0.717, 1.165) is 0 Å². The summed E-state index contributed by atoms with van der Waals surface area (Å²) in [7, 11) is 0. The standard InChI is InChI=1S/C15H14F6N2O.C3H8O/c16-14(17,18)10-3-8(4-11(6-10)15(19,20)21)7-23-13(24)9-1-2-12(22)5-9;1-3(2)4/h1-4,6,9,12H,5,7,22H2,(H,23,24);3-4H,1-2H3/t9-,12+;/m0./s1. The zero-order valence-electron chi connectivity index (χ0n) is 15.2. The molecule has 0 radical (unpaired) electrons. The summed E-state index contributed by atoms with van der Waals surface area (Å²) in [6.45, 7) is 3.01. The number of alkyl halides is 6. The molecule has 0 saturated heterocycles. The molecule has 1 aliphatic carbocycles. The number of nitrogens with one attached hydrogen (secondary N) is 1. The Kier molecular flexibility index (Phi) is 8.06. The highest BCUT2D eigenvalue weighted by Crippen LogP contribution is 2.36. The van der Waals surface area contributed by atoms with Crippen molar-refractivity contribution in [3.8, 4) is 0 Å². The van der Waals surface area contributed by atoms with Crippen LogP contribution in [-0.4, -0.2) is 23.2 Å². The van der Waals surface area contributed by atoms with Crippen LogP contribution in [-0.2, 0) is 23.7 Å². The zero-order valence-corrected chi connectivity index (χ0v) is 15.2. The summed E-state index contributed by atoms with van der Waals surface area (Å²) in [4.78, 5) is 11.9. The van der Waals surface area contributed by atoms with Crippen molar-refractivity contribution in [1.29, 1.82) is 0 Å². The molecule has 0 unspecified atom stereocenters. The summed E-state index contributed by atoms with van der Waals surface area (Å²) in [6, 6.07) is 0.938. The molecule has 4 nitrogen and oxygen atoms in total. The molecule has 4 N–H and O–H groups in total. The first-order chi connectivity index (χ1) is 12.7. The van der Waals surface area contributed by atoms with Crippen molar-refractivity contribution in [3.63, 3.8) is 0 Å². The van der Waals surface area contributed by atoms with E-state index in [1.54, 1.807) is 26.0 Å². The summed E-state index contributed by atoms with van der Waals surface area (Å²) >= 11 is 0. The van der Waals surface area contributed by atoms with E-state index in [-0.39, 0.29) is 23.8 Å². The quantitative estimate of drug-likeness (QED) is 0.524. The smallest absolute Gasteiger partial charge is 0.394 e. The third-order valence-electron chi connectivity index (χ3n) is 3.57. The van der Waals surface area contributed by atoms with Crippen molar-refractivity contribution in [2.45, 2.75) is 51.3 Å². The number of carbonyl (C=O) groups is 1. The monoisotopic (exact) mass is 412 g/mol. The number of rotatable bonds is 3. The first-order valence-electron chi connectivity index (χ1n) is 8.38. The van der Waals surface area contributed by atoms with Crippen LogP contribution in [0.2, 0.25) is 0 Å². The van der Waals surface area contributed by atoms with Crippen LogP contribution in [0.3, 0.4) is 0 Å². The van der Waals surface area contributed by atoms with Crippen LogP contribution in [0.5, 0.6) is 0 Å². The molecule has 158 valence electrons. The van der Waals surface area contributed by atoms with Crippen LogP contribution in [0.25, 0.3) is 0 Å². The lowest BCUT2D eigenvalue weighted by Crippen LogP contribution is -2.30. The minimum Gasteiger partial charge on any atom is -0.394 e. The summed E-state index contributed by atoms with van der Waals surface area (Å²) in [5, 5.41) is 10.4. The van der Waals surface area contributed by atoms with Gasteiger partial charge in [0.25, 0.3) is 0 Å². The Morgan fingerprint density at radius 2 is 1.57 bits per heavy atom. The van der Waals surface area contributed by atoms with E-state index in [2.05, 4.69) is 5.32 Å². The Morgan fingerprint density at radius 1 is 1.11 bits per heavy atom. The van der Waals surface area contributed by atoms with Crippen LogP contribution in [0.15, 0.2) is 30.4 Å². The molecule has 1 aromatic carbocycles. The van der Waals surface area contributed by atoms with Gasteiger partial charge in [0.2, 0.25) is 5.91 Å². The van der Waals surface area contributed by atoms with Crippen molar-refractivity contribution >= 4 is 5.91 Å². The molecule has 1 aromatic rings. The maximum Gasteiger partial charge on any atom is 0.416 e. The number of halogens is 6. The van der Waals surface area contributed by atoms with Crippen LogP contribution in [0.4, 0.5) is 26.3 Å². The molecule has 0 spiro atoms. The highest BCUT2D eigenvalue weighted by atomic mass is 19.4. The SMILES string of the molecule is CC(C)O.N[C@@H]1C=C[C@H](C(=O)NCc2cc(C(F)(F)F)cc(C(F)(F)F)c2)C1. The maximum atomic E-state index is 12.7. The number of amides is 1. The topological polar surface area (TPSA) is 75.3 Å². The van der Waals surface area contributed by atoms with Crippen LogP contribution < -0.4 is 11.1 Å². The number of carbonyl (C=O) groups excluding carboxylic acids is 1. The number of benzene rings is 1. The summed E-state index contributed by atoms with van der Waals surface area (Å²) < 4.78 is 76.5. The Bertz CT molecular complexity index is 663. The van der Waals surface area contributed by atoms with Gasteiger partial charge < -0.3 is 16.2 Å². The third kappa shape index (κ3) is 7.89. The second-order valence-electron chi connectivity index (χ2n) is 6.62. The molecule has 0 heterocycles. The van der Waals surface area contributed by atoms with Crippen molar-refractivity contribution in [3.05, 3.63) is 47.0 Å². The summed E-state index contributed by atoms with van der Waals surface area (Å²) in [6.07, 6.45) is -6.46. The molecule has 0 aliphatic heterocycles. The lowest BCUT2D eigenvalue weighted by atomic mass is 10.0. The van der Waals surface area contributed by atoms with Gasteiger partial charge in [-0.05, 0) is 44.0 Å². The molecule has 28 heavy (non-hydrogen) atoms. The average Bonchev–Trinajstić information content (AvgIpc) is 2.97. The molecule has 10 heteroatoms. The van der Waals surface area contributed by atoms with Crippen LogP contribution in [0.1, 0.15) is 37.0 Å². The minimum absolute atomic E-state index is 0.0457.